The number of thioether (sulfide) groups is 1. The average molecular weight is 233 g/mol. The first-order valence-corrected chi connectivity index (χ1v) is 5.48. The second-order valence-corrected chi connectivity index (χ2v) is 4.13. The van der Waals surface area contributed by atoms with Crippen LogP contribution in [0, 0.1) is 5.88 Å². The van der Waals surface area contributed by atoms with Crippen LogP contribution in [0.1, 0.15) is 5.56 Å². The predicted molar refractivity (Wildman–Crippen MR) is 59.5 cm³/mol. The van der Waals surface area contributed by atoms with E-state index in [4.69, 9.17) is 9.47 Å². The average Bonchev–Trinajstić information content (AvgIpc) is 2.88. The third-order valence-electron chi connectivity index (χ3n) is 2.24. The van der Waals surface area contributed by atoms with E-state index in [0.29, 0.717) is 10.7 Å². The van der Waals surface area contributed by atoms with Crippen molar-refractivity contribution in [2.24, 2.45) is 0 Å². The molecule has 5 heteroatoms. The lowest BCUT2D eigenvalue weighted by molar-refractivity contribution is -0.115. The summed E-state index contributed by atoms with van der Waals surface area (Å²) in [7, 11) is 0. The fourth-order valence-electron chi connectivity index (χ4n) is 1.48. The molecule has 2 aliphatic rings. The molecular weight excluding hydrogens is 226 g/mol. The lowest BCUT2D eigenvalue weighted by Crippen LogP contribution is -2.11. The summed E-state index contributed by atoms with van der Waals surface area (Å²) in [6, 6.07) is 5.56. The van der Waals surface area contributed by atoms with Gasteiger partial charge >= 0.3 is 0 Å². The van der Waals surface area contributed by atoms with Crippen molar-refractivity contribution in [3.63, 3.8) is 0 Å². The Morgan fingerprint density at radius 2 is 2.25 bits per heavy atom. The molecule has 1 fully saturated rings. The van der Waals surface area contributed by atoms with Gasteiger partial charge in [-0.15, -0.1) is 0 Å². The quantitative estimate of drug-likeness (QED) is 0.749. The minimum absolute atomic E-state index is 0.123. The molecule has 0 atom stereocenters. The van der Waals surface area contributed by atoms with Gasteiger partial charge < -0.3 is 14.8 Å². The molecule has 80 valence electrons. The molecule has 0 aliphatic carbocycles. The summed E-state index contributed by atoms with van der Waals surface area (Å²) in [6.45, 7) is 0.256. The van der Waals surface area contributed by atoms with Crippen LogP contribution < -0.4 is 14.8 Å². The van der Waals surface area contributed by atoms with Crippen LogP contribution in [0.3, 0.4) is 0 Å². The molecule has 0 bridgehead atoms. The molecule has 4 nitrogen and oxygen atoms in total. The maximum absolute atomic E-state index is 11.3. The van der Waals surface area contributed by atoms with E-state index in [9.17, 15) is 4.79 Å². The lowest BCUT2D eigenvalue weighted by Gasteiger charge is -1.98. The molecule has 0 unspecified atom stereocenters. The first kappa shape index (κ1) is 9.59. The van der Waals surface area contributed by atoms with E-state index in [-0.39, 0.29) is 12.7 Å². The number of ether oxygens (including phenoxy) is 2. The Bertz CT molecular complexity index is 484. The fraction of sp³-hybridized carbons (Fsp3) is 0.0909. The highest BCUT2D eigenvalue weighted by atomic mass is 32.2. The van der Waals surface area contributed by atoms with E-state index >= 15 is 0 Å². The van der Waals surface area contributed by atoms with Crippen molar-refractivity contribution in [3.05, 3.63) is 34.5 Å². The normalized spacial score (nSPS) is 20.2. The molecule has 3 rings (SSSR count). The summed E-state index contributed by atoms with van der Waals surface area (Å²) in [5.74, 6) is 4.02. The maximum Gasteiger partial charge on any atom is 0.259 e. The summed E-state index contributed by atoms with van der Waals surface area (Å²) < 4.78 is 10.5. The van der Waals surface area contributed by atoms with Gasteiger partial charge in [-0.05, 0) is 23.8 Å². The molecule has 1 N–H and O–H groups in total. The third kappa shape index (κ3) is 1.63. The highest BCUT2D eigenvalue weighted by Crippen LogP contribution is 2.34. The number of amides is 1. The SMILES string of the molecule is O=C1N[C]SC1=Cc1ccc2c(c1)OCO2. The number of hydrogen-bond acceptors (Lipinski definition) is 4. The highest BCUT2D eigenvalue weighted by Gasteiger charge is 2.19. The van der Waals surface area contributed by atoms with Crippen molar-refractivity contribution in [1.82, 2.24) is 5.32 Å². The van der Waals surface area contributed by atoms with Crippen LogP contribution in [0.5, 0.6) is 11.5 Å². The van der Waals surface area contributed by atoms with Gasteiger partial charge in [-0.2, -0.15) is 0 Å². The number of carbonyl (C=O) groups excluding carboxylic acids is 1. The van der Waals surface area contributed by atoms with Crippen molar-refractivity contribution in [2.45, 2.75) is 0 Å². The molecule has 2 heterocycles. The largest absolute Gasteiger partial charge is 0.454 e. The number of rotatable bonds is 1. The third-order valence-corrected chi connectivity index (χ3v) is 2.97. The second-order valence-electron chi connectivity index (χ2n) is 3.28. The zero-order valence-electron chi connectivity index (χ0n) is 8.15. The standard InChI is InChI=1S/C11H7NO3S/c13-11-10(16-5-12-11)4-7-1-2-8-9(3-7)15-6-14-8/h1-4H,6H2,(H,12,13). The minimum atomic E-state index is -0.123. The first-order valence-electron chi connectivity index (χ1n) is 4.66. The van der Waals surface area contributed by atoms with Gasteiger partial charge in [-0.1, -0.05) is 17.8 Å². The molecule has 2 aliphatic heterocycles. The predicted octanol–water partition coefficient (Wildman–Crippen LogP) is 1.62. The number of nitrogens with one attached hydrogen (secondary N) is 1. The van der Waals surface area contributed by atoms with Gasteiger partial charge in [0, 0.05) is 0 Å². The van der Waals surface area contributed by atoms with Gasteiger partial charge in [0.15, 0.2) is 17.4 Å². The van der Waals surface area contributed by atoms with Gasteiger partial charge in [0.05, 0.1) is 4.91 Å². The molecule has 0 spiro atoms. The highest BCUT2D eigenvalue weighted by molar-refractivity contribution is 8.06. The molecule has 1 aromatic rings. The molecular formula is C11H7NO3S. The molecule has 0 aromatic heterocycles. The van der Waals surface area contributed by atoms with Crippen LogP contribution in [0.25, 0.3) is 6.08 Å². The summed E-state index contributed by atoms with van der Waals surface area (Å²) >= 11 is 1.26. The van der Waals surface area contributed by atoms with E-state index < -0.39 is 0 Å². The number of carbonyl (C=O) groups is 1. The van der Waals surface area contributed by atoms with Gasteiger partial charge in [0.1, 0.15) is 0 Å². The van der Waals surface area contributed by atoms with Crippen molar-refractivity contribution in [2.75, 3.05) is 6.79 Å². The maximum atomic E-state index is 11.3. The molecule has 1 aromatic carbocycles. The zero-order valence-corrected chi connectivity index (χ0v) is 8.97. The Labute approximate surface area is 96.6 Å². The Hall–Kier alpha value is -1.62. The van der Waals surface area contributed by atoms with E-state index in [2.05, 4.69) is 11.2 Å². The first-order chi connectivity index (χ1) is 7.83. The molecule has 2 radical (unpaired) electrons. The minimum Gasteiger partial charge on any atom is -0.454 e. The molecule has 16 heavy (non-hydrogen) atoms. The van der Waals surface area contributed by atoms with Crippen molar-refractivity contribution < 1.29 is 14.3 Å². The Morgan fingerprint density at radius 3 is 3.06 bits per heavy atom. The summed E-state index contributed by atoms with van der Waals surface area (Å²) in [6.07, 6.45) is 1.79. The molecule has 0 saturated carbocycles. The van der Waals surface area contributed by atoms with Gasteiger partial charge in [-0.3, -0.25) is 4.79 Å². The van der Waals surface area contributed by atoms with Crippen LogP contribution in [-0.2, 0) is 4.79 Å². The van der Waals surface area contributed by atoms with E-state index in [1.807, 2.05) is 18.2 Å². The number of benzene rings is 1. The molecule has 1 saturated heterocycles. The van der Waals surface area contributed by atoms with Crippen molar-refractivity contribution in [3.8, 4) is 11.5 Å². The van der Waals surface area contributed by atoms with E-state index in [0.717, 1.165) is 11.3 Å². The van der Waals surface area contributed by atoms with Crippen molar-refractivity contribution >= 4 is 23.7 Å². The van der Waals surface area contributed by atoms with E-state index in [1.165, 1.54) is 11.8 Å². The summed E-state index contributed by atoms with van der Waals surface area (Å²) in [4.78, 5) is 11.9. The van der Waals surface area contributed by atoms with Crippen LogP contribution >= 0.6 is 11.8 Å². The van der Waals surface area contributed by atoms with Gasteiger partial charge in [-0.25, -0.2) is 0 Å². The molecule has 1 amide bonds. The second kappa shape index (κ2) is 3.75. The van der Waals surface area contributed by atoms with Crippen LogP contribution in [0.15, 0.2) is 23.1 Å². The van der Waals surface area contributed by atoms with Gasteiger partial charge in [0.2, 0.25) is 6.79 Å². The lowest BCUT2D eigenvalue weighted by atomic mass is 10.2. The zero-order chi connectivity index (χ0) is 11.0. The Kier molecular flexibility index (Phi) is 2.25. The number of fused-ring (bicyclic) bond motifs is 1. The Balaban J connectivity index is 1.93. The monoisotopic (exact) mass is 233 g/mol. The van der Waals surface area contributed by atoms with Crippen LogP contribution in [-0.4, -0.2) is 12.7 Å². The smallest absolute Gasteiger partial charge is 0.259 e. The van der Waals surface area contributed by atoms with Crippen LogP contribution in [0.2, 0.25) is 0 Å². The topological polar surface area (TPSA) is 47.6 Å². The number of hydrogen-bond donors (Lipinski definition) is 1. The summed E-state index contributed by atoms with van der Waals surface area (Å²) in [5.41, 5.74) is 0.908. The van der Waals surface area contributed by atoms with Crippen LogP contribution in [0.4, 0.5) is 0 Å². The Morgan fingerprint density at radius 1 is 1.38 bits per heavy atom. The summed E-state index contributed by atoms with van der Waals surface area (Å²) in [5, 5.41) is 2.49. The van der Waals surface area contributed by atoms with Crippen molar-refractivity contribution in [1.29, 1.82) is 0 Å². The van der Waals surface area contributed by atoms with E-state index in [1.54, 1.807) is 6.08 Å². The van der Waals surface area contributed by atoms with Gasteiger partial charge in [0.25, 0.3) is 5.91 Å². The fourth-order valence-corrected chi connectivity index (χ4v) is 2.08.